The maximum Gasteiger partial charge on any atom is 0.222 e. The fraction of sp³-hybridized carbons (Fsp3) is 0.289. The van der Waals surface area contributed by atoms with Gasteiger partial charge in [-0.3, -0.25) is 4.79 Å². The molecule has 8 nitrogen and oxygen atoms in total. The Morgan fingerprint density at radius 3 is 1.92 bits per heavy atom. The molecule has 2 N–H and O–H groups in total. The van der Waals surface area contributed by atoms with Gasteiger partial charge in [0.05, 0.1) is 17.9 Å². The van der Waals surface area contributed by atoms with E-state index in [2.05, 4.69) is 55.6 Å². The van der Waals surface area contributed by atoms with Crippen molar-refractivity contribution in [1.82, 2.24) is 20.2 Å². The van der Waals surface area contributed by atoms with Gasteiger partial charge in [0, 0.05) is 22.2 Å². The van der Waals surface area contributed by atoms with Crippen LogP contribution in [0.5, 0.6) is 0 Å². The second-order valence-electron chi connectivity index (χ2n) is 11.4. The molecule has 3 aliphatic rings. The summed E-state index contributed by atoms with van der Waals surface area (Å²) in [7, 11) is 0. The van der Waals surface area contributed by atoms with E-state index in [1.807, 2.05) is 22.9 Å². The maximum absolute atomic E-state index is 12.4. The van der Waals surface area contributed by atoms with Crippen molar-refractivity contribution in [3.63, 3.8) is 0 Å². The lowest BCUT2D eigenvalue weighted by molar-refractivity contribution is 0.112. The zero-order valence-corrected chi connectivity index (χ0v) is 27.1. The Morgan fingerprint density at radius 2 is 1.41 bits per heavy atom. The molecule has 1 unspecified atom stereocenters. The average Bonchev–Trinajstić information content (AvgIpc) is 4.05. The van der Waals surface area contributed by atoms with Crippen LogP contribution in [0.15, 0.2) is 97.1 Å². The molecule has 4 aromatic carbocycles. The number of hydrogen-bond acceptors (Lipinski definition) is 6. The van der Waals surface area contributed by atoms with E-state index in [9.17, 15) is 9.18 Å². The van der Waals surface area contributed by atoms with Crippen LogP contribution in [-0.2, 0) is 0 Å². The molecule has 2 saturated carbocycles. The molecule has 2 heterocycles. The third-order valence-corrected chi connectivity index (χ3v) is 8.32. The van der Waals surface area contributed by atoms with E-state index in [1.165, 1.54) is 43.5 Å². The third kappa shape index (κ3) is 10.7. The number of hydrogen-bond donors (Lipinski definition) is 1. The SMILES string of the molecule is C.C.Clc1ccc(C2c3nnnn3-c3ccccc3N2CC2CC2)cc1.NCC1CC1.O=Cc1ccc(Cl)cc1.[C-]#[N+]c1ccccc1F. The molecule has 0 bridgehead atoms. The van der Waals surface area contributed by atoms with Crippen molar-refractivity contribution in [2.45, 2.75) is 46.6 Å². The Labute approximate surface area is 298 Å². The fourth-order valence-electron chi connectivity index (χ4n) is 4.89. The lowest BCUT2D eigenvalue weighted by Gasteiger charge is -2.38. The van der Waals surface area contributed by atoms with Gasteiger partial charge in [-0.2, -0.15) is 4.68 Å². The van der Waals surface area contributed by atoms with Crippen LogP contribution in [-0.4, -0.2) is 39.6 Å². The molecule has 2 aliphatic carbocycles. The quantitative estimate of drug-likeness (QED) is 0.145. The number of nitrogens with zero attached hydrogens (tertiary/aromatic N) is 6. The van der Waals surface area contributed by atoms with Gasteiger partial charge >= 0.3 is 0 Å². The Kier molecular flexibility index (Phi) is 14.9. The first-order chi connectivity index (χ1) is 22.9. The zero-order chi connectivity index (χ0) is 33.2. The highest BCUT2D eigenvalue weighted by molar-refractivity contribution is 6.30. The summed E-state index contributed by atoms with van der Waals surface area (Å²) in [5, 5.41) is 13.9. The molecule has 0 radical (unpaired) electrons. The maximum atomic E-state index is 12.4. The van der Waals surface area contributed by atoms with Gasteiger partial charge in [-0.15, -0.1) is 5.10 Å². The van der Waals surface area contributed by atoms with E-state index in [1.54, 1.807) is 36.4 Å². The number of aromatic nitrogens is 4. The number of nitrogens with two attached hydrogens (primary N) is 1. The van der Waals surface area contributed by atoms with E-state index in [0.29, 0.717) is 10.6 Å². The number of carbonyl (C=O) groups is 1. The summed E-state index contributed by atoms with van der Waals surface area (Å²) in [5.41, 5.74) is 9.35. The van der Waals surface area contributed by atoms with Crippen LogP contribution in [0.2, 0.25) is 10.0 Å². The first-order valence-corrected chi connectivity index (χ1v) is 16.1. The van der Waals surface area contributed by atoms with Crippen LogP contribution in [0.4, 0.5) is 15.8 Å². The monoisotopic (exact) mass is 701 g/mol. The van der Waals surface area contributed by atoms with Gasteiger partial charge in [-0.05, 0) is 103 Å². The minimum Gasteiger partial charge on any atom is -0.355 e. The summed E-state index contributed by atoms with van der Waals surface area (Å²) in [6.45, 7) is 8.41. The van der Waals surface area contributed by atoms with Gasteiger partial charge in [0.25, 0.3) is 0 Å². The van der Waals surface area contributed by atoms with Crippen molar-refractivity contribution in [2.24, 2.45) is 17.6 Å². The summed E-state index contributed by atoms with van der Waals surface area (Å²) in [6, 6.07) is 29.0. The molecule has 1 atom stereocenters. The van der Waals surface area contributed by atoms with Gasteiger partial charge in [-0.1, -0.05) is 92.7 Å². The Morgan fingerprint density at radius 1 is 0.837 bits per heavy atom. The number of anilines is 1. The lowest BCUT2D eigenvalue weighted by atomic mass is 10.00. The van der Waals surface area contributed by atoms with Gasteiger partial charge in [-0.25, -0.2) is 9.24 Å². The Bertz CT molecular complexity index is 1800. The molecule has 49 heavy (non-hydrogen) atoms. The van der Waals surface area contributed by atoms with Crippen LogP contribution in [0.1, 0.15) is 68.3 Å². The van der Waals surface area contributed by atoms with Gasteiger partial charge in [0.15, 0.2) is 5.82 Å². The minimum atomic E-state index is -0.451. The van der Waals surface area contributed by atoms with Crippen molar-refractivity contribution < 1.29 is 9.18 Å². The van der Waals surface area contributed by atoms with E-state index in [4.69, 9.17) is 35.5 Å². The summed E-state index contributed by atoms with van der Waals surface area (Å²) >= 11 is 11.6. The Hall–Kier alpha value is -4.62. The fourth-order valence-corrected chi connectivity index (χ4v) is 5.15. The first kappa shape index (κ1) is 38.8. The Balaban J connectivity index is 0.000000215. The van der Waals surface area contributed by atoms with Crippen molar-refractivity contribution >= 4 is 40.9 Å². The zero-order valence-electron chi connectivity index (χ0n) is 25.6. The topological polar surface area (TPSA) is 94.3 Å². The largest absolute Gasteiger partial charge is 0.355 e. The standard InChI is InChI=1S/C18H16ClN5.C7H5ClO.C7H4FN.C4H9N.2CH4/c19-14-9-7-13(8-10-14)17-18-20-21-22-24(18)16-4-2-1-3-15(16)23(17)11-12-5-6-12;8-7-3-1-6(5-9)2-4-7;1-9-7-5-3-2-4-6(7)8;5-3-4-1-2-4;;/h1-4,7-10,12,17H,5-6,11H2;1-5H;2-5H;4H,1-3,5H2;2*1H4. The molecule has 0 spiro atoms. The van der Waals surface area contributed by atoms with Crippen LogP contribution < -0.4 is 10.6 Å². The van der Waals surface area contributed by atoms with E-state index in [0.717, 1.165) is 53.3 Å². The van der Waals surface area contributed by atoms with Crippen molar-refractivity contribution in [3.8, 4) is 5.69 Å². The number of aldehydes is 1. The predicted molar refractivity (Wildman–Crippen MR) is 197 cm³/mol. The van der Waals surface area contributed by atoms with Gasteiger partial charge in [0.1, 0.15) is 18.1 Å². The molecule has 1 aliphatic heterocycles. The molecule has 5 aromatic rings. The molecule has 8 rings (SSSR count). The number of halogens is 3. The molecule has 256 valence electrons. The molecule has 0 saturated heterocycles. The summed E-state index contributed by atoms with van der Waals surface area (Å²) in [6.07, 6.45) is 6.16. The normalized spacial score (nSPS) is 14.9. The predicted octanol–water partition coefficient (Wildman–Crippen LogP) is 9.79. The van der Waals surface area contributed by atoms with Crippen molar-refractivity contribution in [2.75, 3.05) is 18.0 Å². The number of benzene rings is 4. The van der Waals surface area contributed by atoms with E-state index >= 15 is 0 Å². The number of rotatable bonds is 5. The molecule has 11 heteroatoms. The summed E-state index contributed by atoms with van der Waals surface area (Å²) < 4.78 is 14.2. The highest BCUT2D eigenvalue weighted by atomic mass is 35.5. The second-order valence-corrected chi connectivity index (χ2v) is 12.3. The van der Waals surface area contributed by atoms with Gasteiger partial charge in [0.2, 0.25) is 5.69 Å². The average molecular weight is 703 g/mol. The molecule has 1 aromatic heterocycles. The number of fused-ring (bicyclic) bond motifs is 3. The van der Waals surface area contributed by atoms with Crippen LogP contribution in [0.3, 0.4) is 0 Å². The molecular formula is C38H42Cl2FN7O. The van der Waals surface area contributed by atoms with Crippen molar-refractivity contribution in [3.05, 3.63) is 141 Å². The minimum absolute atomic E-state index is 0. The highest BCUT2D eigenvalue weighted by Crippen LogP contribution is 2.43. The number of carbonyl (C=O) groups excluding carboxylic acids is 1. The highest BCUT2D eigenvalue weighted by Gasteiger charge is 2.37. The van der Waals surface area contributed by atoms with Crippen molar-refractivity contribution in [1.29, 1.82) is 0 Å². The van der Waals surface area contributed by atoms with Crippen LogP contribution >= 0.6 is 23.2 Å². The van der Waals surface area contributed by atoms with Gasteiger partial charge < -0.3 is 10.6 Å². The van der Waals surface area contributed by atoms with E-state index in [-0.39, 0.29) is 26.6 Å². The molecule has 0 amide bonds. The van der Waals surface area contributed by atoms with Crippen LogP contribution in [0.25, 0.3) is 10.5 Å². The first-order valence-electron chi connectivity index (χ1n) is 15.3. The lowest BCUT2D eigenvalue weighted by Crippen LogP contribution is -2.37. The summed E-state index contributed by atoms with van der Waals surface area (Å²) in [5.74, 6) is 2.08. The molecular weight excluding hydrogens is 660 g/mol. The smallest absolute Gasteiger partial charge is 0.222 e. The second kappa shape index (κ2) is 18.8. The number of para-hydroxylation sites is 3. The number of tetrazole rings is 1. The third-order valence-electron chi connectivity index (χ3n) is 7.82. The summed E-state index contributed by atoms with van der Waals surface area (Å²) in [4.78, 5) is 15.5. The molecule has 2 fully saturated rings. The van der Waals surface area contributed by atoms with Crippen LogP contribution in [0, 0.1) is 24.2 Å². The van der Waals surface area contributed by atoms with E-state index < -0.39 is 5.82 Å².